The molecular formula is C6H3Cl3F6OSi. The van der Waals surface area contributed by atoms with Crippen LogP contribution in [0.3, 0.4) is 0 Å². The quantitative estimate of drug-likeness (QED) is 0.231. The van der Waals surface area contributed by atoms with Gasteiger partial charge in [-0.2, -0.15) is 26.3 Å². The summed E-state index contributed by atoms with van der Waals surface area (Å²) in [6, 6.07) is -7.92. The zero-order valence-electron chi connectivity index (χ0n) is 7.59. The average Bonchev–Trinajstić information content (AvgIpc) is 2.15. The molecule has 0 spiro atoms. The van der Waals surface area contributed by atoms with Crippen molar-refractivity contribution >= 4 is 39.2 Å². The normalized spacial score (nSPS) is 16.1. The Balaban J connectivity index is 5.46. The summed E-state index contributed by atoms with van der Waals surface area (Å²) in [6.45, 7) is 2.56. The lowest BCUT2D eigenvalue weighted by Crippen LogP contribution is -2.56. The summed E-state index contributed by atoms with van der Waals surface area (Å²) in [6.07, 6.45) is -3.42. The van der Waals surface area contributed by atoms with Crippen molar-refractivity contribution in [3.05, 3.63) is 24.7 Å². The SMILES string of the molecule is C=CC(F)(OC(F)=C(F)F)C(F)(F)[Si](Cl)(Cl)Cl. The summed E-state index contributed by atoms with van der Waals surface area (Å²) in [5, 5.41) is 0. The van der Waals surface area contributed by atoms with E-state index >= 15 is 0 Å². The number of rotatable bonds is 5. The van der Waals surface area contributed by atoms with Crippen LogP contribution in [0.25, 0.3) is 0 Å². The molecule has 11 heteroatoms. The van der Waals surface area contributed by atoms with Gasteiger partial charge < -0.3 is 4.74 Å². The second-order valence-electron chi connectivity index (χ2n) is 2.56. The van der Waals surface area contributed by atoms with Crippen molar-refractivity contribution in [3.8, 4) is 0 Å². The summed E-state index contributed by atoms with van der Waals surface area (Å²) in [7, 11) is 0. The van der Waals surface area contributed by atoms with Crippen molar-refractivity contribution in [3.63, 3.8) is 0 Å². The van der Waals surface area contributed by atoms with Crippen LogP contribution in [0.4, 0.5) is 26.3 Å². The van der Waals surface area contributed by atoms with Crippen LogP contribution in [-0.2, 0) is 4.74 Å². The van der Waals surface area contributed by atoms with E-state index in [2.05, 4.69) is 11.3 Å². The summed E-state index contributed by atoms with van der Waals surface area (Å²) in [4.78, 5) is 0. The van der Waals surface area contributed by atoms with E-state index in [1.165, 1.54) is 0 Å². The highest BCUT2D eigenvalue weighted by Crippen LogP contribution is 2.48. The van der Waals surface area contributed by atoms with E-state index in [9.17, 15) is 26.3 Å². The van der Waals surface area contributed by atoms with Gasteiger partial charge in [-0.15, -0.1) is 33.2 Å². The first-order chi connectivity index (χ1) is 7.39. The molecule has 1 unspecified atom stereocenters. The largest absolute Gasteiger partial charge is 0.425 e. The molecule has 17 heavy (non-hydrogen) atoms. The Bertz CT molecular complexity index is 339. The Labute approximate surface area is 107 Å². The van der Waals surface area contributed by atoms with Gasteiger partial charge in [0.2, 0.25) is 0 Å². The van der Waals surface area contributed by atoms with Crippen LogP contribution >= 0.6 is 33.2 Å². The zero-order valence-corrected chi connectivity index (χ0v) is 10.9. The van der Waals surface area contributed by atoms with Crippen LogP contribution in [-0.4, -0.2) is 17.4 Å². The summed E-state index contributed by atoms with van der Waals surface area (Å²) in [5.41, 5.74) is -4.82. The molecule has 0 radical (unpaired) electrons. The molecule has 0 bridgehead atoms. The molecule has 0 fully saturated rings. The van der Waals surface area contributed by atoms with Gasteiger partial charge in [-0.3, -0.25) is 0 Å². The topological polar surface area (TPSA) is 9.23 Å². The minimum Gasteiger partial charge on any atom is -0.420 e. The zero-order chi connectivity index (χ0) is 14.1. The maximum atomic E-state index is 13.5. The fourth-order valence-electron chi connectivity index (χ4n) is 0.596. The van der Waals surface area contributed by atoms with Gasteiger partial charge in [0.1, 0.15) is 0 Å². The van der Waals surface area contributed by atoms with E-state index in [4.69, 9.17) is 33.2 Å². The third-order valence-corrected chi connectivity index (χ3v) is 4.62. The van der Waals surface area contributed by atoms with Gasteiger partial charge in [0.05, 0.1) is 0 Å². The molecule has 0 saturated heterocycles. The molecule has 0 aliphatic carbocycles. The molecule has 0 rings (SSSR count). The standard InChI is InChI=1S/C6H3Cl3F6OSi/c1-2-5(13,16-4(12)3(10)11)6(14,15)17(7,8)9/h2H,1H2. The van der Waals surface area contributed by atoms with Gasteiger partial charge in [-0.05, 0) is 6.08 Å². The molecule has 0 aromatic carbocycles. The Morgan fingerprint density at radius 3 is 1.76 bits per heavy atom. The Morgan fingerprint density at radius 1 is 1.12 bits per heavy atom. The van der Waals surface area contributed by atoms with Crippen molar-refractivity contribution in [1.82, 2.24) is 0 Å². The molecule has 0 amide bonds. The molecule has 0 heterocycles. The highest BCUT2D eigenvalue weighted by Gasteiger charge is 2.70. The van der Waals surface area contributed by atoms with Crippen molar-refractivity contribution in [2.45, 2.75) is 11.4 Å². The smallest absolute Gasteiger partial charge is 0.420 e. The van der Waals surface area contributed by atoms with E-state index < -0.39 is 29.5 Å². The van der Waals surface area contributed by atoms with Crippen LogP contribution in [0.1, 0.15) is 0 Å². The number of hydrogen-bond acceptors (Lipinski definition) is 1. The third kappa shape index (κ3) is 3.46. The molecule has 0 N–H and O–H groups in total. The number of halogens is 9. The predicted molar refractivity (Wildman–Crippen MR) is 53.7 cm³/mol. The van der Waals surface area contributed by atoms with Gasteiger partial charge in [-0.1, -0.05) is 6.58 Å². The van der Waals surface area contributed by atoms with Crippen molar-refractivity contribution < 1.29 is 31.1 Å². The monoisotopic (exact) mass is 338 g/mol. The van der Waals surface area contributed by atoms with Gasteiger partial charge in [-0.25, -0.2) is 0 Å². The molecule has 1 nitrogen and oxygen atoms in total. The van der Waals surface area contributed by atoms with E-state index in [-0.39, 0.29) is 6.08 Å². The molecule has 0 aromatic heterocycles. The molecule has 0 saturated carbocycles. The first-order valence-electron chi connectivity index (χ1n) is 3.56. The second-order valence-corrected chi connectivity index (χ2v) is 11.0. The van der Waals surface area contributed by atoms with Crippen LogP contribution < -0.4 is 0 Å². The molecule has 0 aliphatic rings. The fourth-order valence-corrected chi connectivity index (χ4v) is 2.30. The van der Waals surface area contributed by atoms with Crippen molar-refractivity contribution in [1.29, 1.82) is 0 Å². The Kier molecular flexibility index (Phi) is 5.28. The molecule has 0 aromatic rings. The fraction of sp³-hybridized carbons (Fsp3) is 0.333. The Hall–Kier alpha value is -0.0531. The lowest BCUT2D eigenvalue weighted by Gasteiger charge is -2.32. The third-order valence-electron chi connectivity index (χ3n) is 1.43. The van der Waals surface area contributed by atoms with E-state index in [1.54, 1.807) is 0 Å². The minimum absolute atomic E-state index is 0.273. The molecular weight excluding hydrogens is 336 g/mol. The summed E-state index contributed by atoms with van der Waals surface area (Å²) >= 11 is 14.6. The lowest BCUT2D eigenvalue weighted by atomic mass is 10.3. The van der Waals surface area contributed by atoms with Gasteiger partial charge in [0, 0.05) is 0 Å². The number of alkyl halides is 3. The first kappa shape index (κ1) is 16.9. The maximum Gasteiger partial charge on any atom is 0.425 e. The average molecular weight is 340 g/mol. The van der Waals surface area contributed by atoms with Crippen LogP contribution in [0.5, 0.6) is 0 Å². The molecule has 0 aliphatic heterocycles. The van der Waals surface area contributed by atoms with Crippen LogP contribution in [0, 0.1) is 0 Å². The Morgan fingerprint density at radius 2 is 1.53 bits per heavy atom. The first-order valence-corrected chi connectivity index (χ1v) is 8.59. The van der Waals surface area contributed by atoms with E-state index in [0.717, 1.165) is 0 Å². The highest BCUT2D eigenvalue weighted by molar-refractivity contribution is 7.65. The van der Waals surface area contributed by atoms with Crippen molar-refractivity contribution in [2.24, 2.45) is 0 Å². The van der Waals surface area contributed by atoms with Gasteiger partial charge >= 0.3 is 29.5 Å². The number of hydrogen-bond donors (Lipinski definition) is 0. The van der Waals surface area contributed by atoms with Gasteiger partial charge in [0.25, 0.3) is 0 Å². The second kappa shape index (κ2) is 5.29. The van der Waals surface area contributed by atoms with Crippen molar-refractivity contribution in [2.75, 3.05) is 0 Å². The predicted octanol–water partition coefficient (Wildman–Crippen LogP) is 4.72. The van der Waals surface area contributed by atoms with Crippen LogP contribution in [0.15, 0.2) is 24.7 Å². The minimum atomic E-state index is -5.06. The van der Waals surface area contributed by atoms with Crippen LogP contribution in [0.2, 0.25) is 0 Å². The lowest BCUT2D eigenvalue weighted by molar-refractivity contribution is -0.204. The molecule has 100 valence electrons. The summed E-state index contributed by atoms with van der Waals surface area (Å²) < 4.78 is 78.7. The number of ether oxygens (including phenoxy) is 1. The molecule has 1 atom stereocenters. The van der Waals surface area contributed by atoms with E-state index in [1.807, 2.05) is 0 Å². The summed E-state index contributed by atoms with van der Waals surface area (Å²) in [5.74, 6) is -4.39. The van der Waals surface area contributed by atoms with E-state index in [0.29, 0.717) is 0 Å². The highest BCUT2D eigenvalue weighted by atomic mass is 35.8. The maximum absolute atomic E-state index is 13.5. The van der Waals surface area contributed by atoms with Gasteiger partial charge in [0.15, 0.2) is 0 Å².